The molecule has 7 nitrogen and oxygen atoms in total. The molecule has 1 heterocycles. The Morgan fingerprint density at radius 1 is 1.48 bits per heavy atom. The van der Waals surface area contributed by atoms with E-state index >= 15 is 0 Å². The maximum Gasteiger partial charge on any atom is 1.00 e. The monoisotopic (exact) mass is 357 g/mol. The summed E-state index contributed by atoms with van der Waals surface area (Å²) in [5.74, 6) is 0. The zero-order valence-corrected chi connectivity index (χ0v) is 18.7. The van der Waals surface area contributed by atoms with Crippen molar-refractivity contribution in [2.75, 3.05) is 26.7 Å². The summed E-state index contributed by atoms with van der Waals surface area (Å²) in [6.45, 7) is 13.6. The minimum Gasteiger partial charge on any atom is -0.851 e. The molecule has 1 saturated heterocycles. The molecule has 23 heavy (non-hydrogen) atoms. The first-order chi connectivity index (χ1) is 10.5. The van der Waals surface area contributed by atoms with Crippen LogP contribution in [0.2, 0.25) is 0 Å². The number of carbonyl (C=O) groups excluding carboxylic acids is 2. The molecule has 0 aromatic rings. The Morgan fingerprint density at radius 2 is 1.91 bits per heavy atom. The molecular weight excluding hydrogens is 325 g/mol. The molecule has 0 aliphatic carbocycles. The molecule has 1 fully saturated rings. The van der Waals surface area contributed by atoms with Gasteiger partial charge in [0.05, 0.1) is 13.7 Å². The number of hydrogen-bond donors (Lipinski definition) is 2. The minimum absolute atomic E-state index is 0. The number of nitrogens with one attached hydrogen (secondary N) is 1. The summed E-state index contributed by atoms with van der Waals surface area (Å²) in [5, 5.41) is 13.6. The van der Waals surface area contributed by atoms with Crippen molar-refractivity contribution in [2.45, 2.75) is 46.6 Å². The topological polar surface area (TPSA) is 108 Å². The van der Waals surface area contributed by atoms with Gasteiger partial charge >= 0.3 is 57.5 Å². The first-order valence-corrected chi connectivity index (χ1v) is 7.52. The quantitative estimate of drug-likeness (QED) is 0.442. The number of methoxy groups -OCH3 is 1. The van der Waals surface area contributed by atoms with Gasteiger partial charge in [0.2, 0.25) is 6.41 Å². The van der Waals surface area contributed by atoms with E-state index in [2.05, 4.69) is 36.2 Å². The first kappa shape index (κ1) is 30.7. The third-order valence-corrected chi connectivity index (χ3v) is 2.21. The fourth-order valence-electron chi connectivity index (χ4n) is 1.37. The molecule has 1 aliphatic heterocycles. The van der Waals surface area contributed by atoms with Crippen molar-refractivity contribution < 1.29 is 70.8 Å². The van der Waals surface area contributed by atoms with Crippen LogP contribution in [0.3, 0.4) is 0 Å². The van der Waals surface area contributed by atoms with Gasteiger partial charge in [0.15, 0.2) is 0 Å². The number of amides is 2. The number of nitrogens with zero attached hydrogens (tertiary/aromatic N) is 1. The zero-order chi connectivity index (χ0) is 18.0. The van der Waals surface area contributed by atoms with E-state index in [0.29, 0.717) is 19.5 Å². The molecule has 0 radical (unpaired) electrons. The molecule has 132 valence electrons. The Kier molecular flexibility index (Phi) is 32.2. The molecule has 1 unspecified atom stereocenters. The second kappa shape index (κ2) is 24.1. The van der Waals surface area contributed by atoms with Crippen molar-refractivity contribution in [1.29, 1.82) is 0 Å². The minimum atomic E-state index is -0.523. The fraction of sp³-hybridized carbons (Fsp3) is 0.733. The molecular formula is C15H32KN3O4. The van der Waals surface area contributed by atoms with Crippen molar-refractivity contribution in [3.8, 4) is 0 Å². The normalized spacial score (nSPS) is 14.2. The van der Waals surface area contributed by atoms with Gasteiger partial charge in [0.25, 0.3) is 0 Å². The van der Waals surface area contributed by atoms with Crippen LogP contribution >= 0.6 is 0 Å². The molecule has 8 heteroatoms. The number of likely N-dealkylation sites (tertiary alicyclic amines) is 1. The Balaban J connectivity index is -0.000000171. The van der Waals surface area contributed by atoms with Gasteiger partial charge in [-0.2, -0.15) is 0 Å². The van der Waals surface area contributed by atoms with Crippen LogP contribution in [0.15, 0.2) is 12.3 Å². The molecule has 1 rings (SSSR count). The third kappa shape index (κ3) is 21.9. The third-order valence-electron chi connectivity index (χ3n) is 2.21. The first-order valence-electron chi connectivity index (χ1n) is 7.52. The van der Waals surface area contributed by atoms with E-state index in [9.17, 15) is 9.90 Å². The number of primary amides is 1. The Hall–Kier alpha value is -0.124. The van der Waals surface area contributed by atoms with E-state index in [1.54, 1.807) is 0 Å². The van der Waals surface area contributed by atoms with Crippen molar-refractivity contribution in [3.05, 3.63) is 12.3 Å². The number of hydrogen-bond acceptors (Lipinski definition) is 5. The second-order valence-electron chi connectivity index (χ2n) is 4.11. The van der Waals surface area contributed by atoms with Gasteiger partial charge in [-0.3, -0.25) is 4.79 Å². The number of ether oxygens (including phenoxy) is 1. The molecule has 2 amide bonds. The van der Waals surface area contributed by atoms with Crippen LogP contribution in [0.5, 0.6) is 0 Å². The predicted molar refractivity (Wildman–Crippen MR) is 87.1 cm³/mol. The Labute approximate surface area is 183 Å². The molecule has 3 N–H and O–H groups in total. The van der Waals surface area contributed by atoms with Crippen LogP contribution in [0.25, 0.3) is 0 Å². The van der Waals surface area contributed by atoms with E-state index in [1.807, 2.05) is 18.7 Å². The molecule has 0 aromatic heterocycles. The Bertz CT molecular complexity index is 292. The van der Waals surface area contributed by atoms with Crippen LogP contribution < -0.4 is 67.5 Å². The average Bonchev–Trinajstić information content (AvgIpc) is 2.95. The van der Waals surface area contributed by atoms with E-state index < -0.39 is 12.2 Å². The predicted octanol–water partition coefficient (Wildman–Crippen LogP) is -2.16. The fourth-order valence-corrected chi connectivity index (χ4v) is 1.37. The Morgan fingerprint density at radius 3 is 2.22 bits per heavy atom. The van der Waals surface area contributed by atoms with Crippen LogP contribution in [-0.2, 0) is 9.53 Å². The average molecular weight is 358 g/mol. The maximum atomic E-state index is 11.0. The van der Waals surface area contributed by atoms with Crippen molar-refractivity contribution >= 4 is 12.5 Å². The summed E-state index contributed by atoms with van der Waals surface area (Å²) in [4.78, 5) is 21.2. The second-order valence-corrected chi connectivity index (χ2v) is 4.11. The van der Waals surface area contributed by atoms with E-state index in [4.69, 9.17) is 4.79 Å². The van der Waals surface area contributed by atoms with Gasteiger partial charge in [-0.15, -0.1) is 6.10 Å². The van der Waals surface area contributed by atoms with Crippen LogP contribution in [0.4, 0.5) is 4.79 Å². The summed E-state index contributed by atoms with van der Waals surface area (Å²) >= 11 is 0. The molecule has 0 saturated carbocycles. The van der Waals surface area contributed by atoms with Gasteiger partial charge < -0.3 is 25.8 Å². The molecule has 0 aromatic carbocycles. The van der Waals surface area contributed by atoms with Crippen LogP contribution in [0.1, 0.15) is 40.5 Å². The van der Waals surface area contributed by atoms with Gasteiger partial charge in [-0.05, 0) is 6.42 Å². The summed E-state index contributed by atoms with van der Waals surface area (Å²) in [7, 11) is 1.31. The molecule has 0 spiro atoms. The number of carbonyl (C=O) groups is 2. The van der Waals surface area contributed by atoms with Crippen LogP contribution in [-0.4, -0.2) is 50.3 Å². The largest absolute Gasteiger partial charge is 1.00 e. The summed E-state index contributed by atoms with van der Waals surface area (Å²) in [5.41, 5.74) is 4.92. The summed E-state index contributed by atoms with van der Waals surface area (Å²) in [6, 6.07) is 0. The van der Waals surface area contributed by atoms with Crippen molar-refractivity contribution in [3.63, 3.8) is 0 Å². The zero-order valence-electron chi connectivity index (χ0n) is 15.6. The van der Waals surface area contributed by atoms with E-state index in [1.165, 1.54) is 13.5 Å². The molecule has 0 bridgehead atoms. The number of alkyl carbamates (subject to hydrolysis) is 1. The van der Waals surface area contributed by atoms with Gasteiger partial charge in [-0.25, -0.2) is 4.79 Å². The molecule has 1 aliphatic rings. The van der Waals surface area contributed by atoms with Gasteiger partial charge in [0.1, 0.15) is 0 Å². The van der Waals surface area contributed by atoms with Crippen LogP contribution in [0, 0.1) is 0 Å². The SMILES string of the molecule is C=C(CNC(=O)OC)N1CCC([O-])C1.CC.CCC.NC=O.[K+]. The standard InChI is InChI=1S/C9H15N2O3.C3H8.C2H6.CH3NO.K/c1-7(5-10-9(13)14-2)11-4-3-8(12)6-11;1-3-2;1-2;2-1-3;/h8H,1,3-6H2,2H3,(H,10,13);3H2,1-2H3;1-2H3;1H,(H2,2,3);/q-1;;;;+1. The van der Waals surface area contributed by atoms with E-state index in [-0.39, 0.29) is 57.8 Å². The summed E-state index contributed by atoms with van der Waals surface area (Å²) < 4.78 is 4.41. The van der Waals surface area contributed by atoms with Gasteiger partial charge in [-0.1, -0.05) is 40.7 Å². The van der Waals surface area contributed by atoms with Crippen molar-refractivity contribution in [2.24, 2.45) is 5.73 Å². The number of nitrogens with two attached hydrogens (primary N) is 1. The smallest absolute Gasteiger partial charge is 0.851 e. The van der Waals surface area contributed by atoms with E-state index in [0.717, 1.165) is 12.2 Å². The maximum absolute atomic E-state index is 11.0. The number of rotatable bonds is 3. The molecule has 1 atom stereocenters. The summed E-state index contributed by atoms with van der Waals surface area (Å²) in [6.07, 6.45) is 1.14. The van der Waals surface area contributed by atoms with Gasteiger partial charge in [0, 0.05) is 18.8 Å². The van der Waals surface area contributed by atoms with Crippen molar-refractivity contribution in [1.82, 2.24) is 10.2 Å².